The summed E-state index contributed by atoms with van der Waals surface area (Å²) >= 11 is 0. The van der Waals surface area contributed by atoms with Gasteiger partial charge in [0, 0.05) is 18.5 Å². The smallest absolute Gasteiger partial charge is 0.255 e. The lowest BCUT2D eigenvalue weighted by Gasteiger charge is -2.44. The fraction of sp³-hybridized carbons (Fsp3) is 0.250. The van der Waals surface area contributed by atoms with Crippen LogP contribution >= 0.6 is 0 Å². The lowest BCUT2D eigenvalue weighted by atomic mass is 9.75. The molecule has 22 heavy (non-hydrogen) atoms. The van der Waals surface area contributed by atoms with Crippen molar-refractivity contribution in [1.29, 1.82) is 0 Å². The monoisotopic (exact) mass is 289 g/mol. The summed E-state index contributed by atoms with van der Waals surface area (Å²) < 4.78 is 0. The Morgan fingerprint density at radius 1 is 0.909 bits per heavy atom. The Kier molecular flexibility index (Phi) is 2.77. The molecule has 110 valence electrons. The van der Waals surface area contributed by atoms with E-state index in [1.54, 1.807) is 0 Å². The molecule has 0 bridgehead atoms. The Morgan fingerprint density at radius 2 is 1.59 bits per heavy atom. The highest BCUT2D eigenvalue weighted by molar-refractivity contribution is 6.01. The first-order valence-corrected chi connectivity index (χ1v) is 7.77. The largest absolute Gasteiger partial charge is 0.320 e. The first-order valence-electron chi connectivity index (χ1n) is 7.77. The Bertz CT molecular complexity index is 790. The van der Waals surface area contributed by atoms with E-state index >= 15 is 0 Å². The Labute approximate surface area is 131 Å². The van der Waals surface area contributed by atoms with Crippen molar-refractivity contribution in [1.82, 2.24) is 4.90 Å². The standard InChI is InChI=1S/C20H19NO/c1-14-12-20(16-8-4-3-5-9-16)18-11-7-6-10-17(18)19(22)21(20)13-15(14)2/h3-11H,12-13H2,1-2H3. The van der Waals surface area contributed by atoms with E-state index in [0.717, 1.165) is 17.5 Å². The van der Waals surface area contributed by atoms with Crippen molar-refractivity contribution in [2.45, 2.75) is 25.8 Å². The van der Waals surface area contributed by atoms with Gasteiger partial charge in [0.25, 0.3) is 5.91 Å². The molecule has 2 aromatic rings. The summed E-state index contributed by atoms with van der Waals surface area (Å²) in [5.74, 6) is 0.159. The highest BCUT2D eigenvalue weighted by Gasteiger charge is 2.52. The average molecular weight is 289 g/mol. The molecule has 0 radical (unpaired) electrons. The number of nitrogens with zero attached hydrogens (tertiary/aromatic N) is 1. The van der Waals surface area contributed by atoms with E-state index in [-0.39, 0.29) is 11.4 Å². The van der Waals surface area contributed by atoms with Gasteiger partial charge in [-0.3, -0.25) is 4.79 Å². The molecular weight excluding hydrogens is 270 g/mol. The zero-order valence-electron chi connectivity index (χ0n) is 13.0. The number of amides is 1. The predicted molar refractivity (Wildman–Crippen MR) is 87.7 cm³/mol. The molecule has 2 heteroatoms. The SMILES string of the molecule is CC1=C(C)CC2(c3ccccc3)c3ccccc3C(=O)N2C1. The molecule has 0 saturated carbocycles. The number of hydrogen-bond acceptors (Lipinski definition) is 1. The van der Waals surface area contributed by atoms with Gasteiger partial charge in [0.15, 0.2) is 0 Å². The second kappa shape index (κ2) is 4.57. The second-order valence-corrected chi connectivity index (χ2v) is 6.40. The lowest BCUT2D eigenvalue weighted by Crippen LogP contribution is -2.48. The Morgan fingerprint density at radius 3 is 2.36 bits per heavy atom. The quantitative estimate of drug-likeness (QED) is 0.723. The molecule has 2 aromatic carbocycles. The molecule has 4 rings (SSSR count). The van der Waals surface area contributed by atoms with Crippen LogP contribution in [0.25, 0.3) is 0 Å². The normalized spacial score (nSPS) is 23.5. The van der Waals surface area contributed by atoms with Gasteiger partial charge in [0.1, 0.15) is 0 Å². The molecule has 2 aliphatic heterocycles. The maximum absolute atomic E-state index is 13.0. The molecular formula is C20H19NO. The fourth-order valence-corrected chi connectivity index (χ4v) is 3.93. The maximum Gasteiger partial charge on any atom is 0.255 e. The van der Waals surface area contributed by atoms with Crippen LogP contribution in [0.2, 0.25) is 0 Å². The van der Waals surface area contributed by atoms with Crippen LogP contribution in [-0.2, 0) is 5.54 Å². The number of rotatable bonds is 1. The number of benzene rings is 2. The summed E-state index contributed by atoms with van der Waals surface area (Å²) in [6, 6.07) is 18.5. The number of carbonyl (C=O) groups is 1. The molecule has 0 N–H and O–H groups in total. The van der Waals surface area contributed by atoms with Crippen LogP contribution in [0, 0.1) is 0 Å². The van der Waals surface area contributed by atoms with Gasteiger partial charge in [-0.1, -0.05) is 59.7 Å². The molecule has 2 heterocycles. The van der Waals surface area contributed by atoms with Crippen molar-refractivity contribution in [3.8, 4) is 0 Å². The highest BCUT2D eigenvalue weighted by atomic mass is 16.2. The number of hydrogen-bond donors (Lipinski definition) is 0. The lowest BCUT2D eigenvalue weighted by molar-refractivity contribution is 0.0626. The van der Waals surface area contributed by atoms with Gasteiger partial charge >= 0.3 is 0 Å². The number of fused-ring (bicyclic) bond motifs is 3. The maximum atomic E-state index is 13.0. The van der Waals surface area contributed by atoms with Crippen molar-refractivity contribution >= 4 is 5.91 Å². The summed E-state index contributed by atoms with van der Waals surface area (Å²) in [6.45, 7) is 5.05. The minimum Gasteiger partial charge on any atom is -0.320 e. The topological polar surface area (TPSA) is 20.3 Å². The zero-order chi connectivity index (χ0) is 15.3. The summed E-state index contributed by atoms with van der Waals surface area (Å²) in [5.41, 5.74) is 5.59. The second-order valence-electron chi connectivity index (χ2n) is 6.40. The zero-order valence-corrected chi connectivity index (χ0v) is 13.0. The van der Waals surface area contributed by atoms with E-state index in [0.29, 0.717) is 6.54 Å². The van der Waals surface area contributed by atoms with Crippen molar-refractivity contribution < 1.29 is 4.79 Å². The van der Waals surface area contributed by atoms with Gasteiger partial charge < -0.3 is 4.90 Å². The first kappa shape index (κ1) is 13.3. The average Bonchev–Trinajstić information content (AvgIpc) is 2.80. The van der Waals surface area contributed by atoms with E-state index in [1.807, 2.05) is 24.3 Å². The van der Waals surface area contributed by atoms with Crippen molar-refractivity contribution in [3.05, 3.63) is 82.4 Å². The minimum atomic E-state index is -0.335. The summed E-state index contributed by atoms with van der Waals surface area (Å²) in [4.78, 5) is 15.0. The van der Waals surface area contributed by atoms with Gasteiger partial charge in [0.05, 0.1) is 5.54 Å². The van der Waals surface area contributed by atoms with E-state index < -0.39 is 0 Å². The Hall–Kier alpha value is -2.35. The van der Waals surface area contributed by atoms with Gasteiger partial charge in [-0.2, -0.15) is 0 Å². The molecule has 0 fully saturated rings. The van der Waals surface area contributed by atoms with Gasteiger partial charge in [-0.25, -0.2) is 0 Å². The molecule has 1 amide bonds. The van der Waals surface area contributed by atoms with Gasteiger partial charge in [0.2, 0.25) is 0 Å². The van der Waals surface area contributed by atoms with Crippen molar-refractivity contribution in [3.63, 3.8) is 0 Å². The van der Waals surface area contributed by atoms with Gasteiger partial charge in [-0.05, 0) is 31.0 Å². The van der Waals surface area contributed by atoms with E-state index in [4.69, 9.17) is 0 Å². The highest BCUT2D eigenvalue weighted by Crippen LogP contribution is 2.50. The molecule has 1 atom stereocenters. The van der Waals surface area contributed by atoms with Crippen LogP contribution in [-0.4, -0.2) is 17.4 Å². The van der Waals surface area contributed by atoms with Crippen LogP contribution in [0.5, 0.6) is 0 Å². The van der Waals surface area contributed by atoms with Crippen molar-refractivity contribution in [2.75, 3.05) is 6.54 Å². The van der Waals surface area contributed by atoms with Crippen LogP contribution in [0.4, 0.5) is 0 Å². The summed E-state index contributed by atoms with van der Waals surface area (Å²) in [5, 5.41) is 0. The van der Waals surface area contributed by atoms with Crippen molar-refractivity contribution in [2.24, 2.45) is 0 Å². The molecule has 0 aromatic heterocycles. The summed E-state index contributed by atoms with van der Waals surface area (Å²) in [6.07, 6.45) is 0.881. The minimum absolute atomic E-state index is 0.159. The third kappa shape index (κ3) is 1.58. The van der Waals surface area contributed by atoms with Crippen LogP contribution < -0.4 is 0 Å². The molecule has 0 saturated heterocycles. The predicted octanol–water partition coefficient (Wildman–Crippen LogP) is 4.13. The van der Waals surface area contributed by atoms with Gasteiger partial charge in [-0.15, -0.1) is 0 Å². The van der Waals surface area contributed by atoms with Crippen LogP contribution in [0.1, 0.15) is 41.8 Å². The molecule has 2 nitrogen and oxygen atoms in total. The first-order chi connectivity index (χ1) is 10.6. The van der Waals surface area contributed by atoms with E-state index in [2.05, 4.69) is 49.1 Å². The third-order valence-electron chi connectivity index (χ3n) is 5.21. The molecule has 0 aliphatic carbocycles. The van der Waals surface area contributed by atoms with E-state index in [9.17, 15) is 4.79 Å². The molecule has 0 spiro atoms. The third-order valence-corrected chi connectivity index (χ3v) is 5.21. The molecule has 1 unspecified atom stereocenters. The van der Waals surface area contributed by atoms with Crippen LogP contribution in [0.15, 0.2) is 65.7 Å². The summed E-state index contributed by atoms with van der Waals surface area (Å²) in [7, 11) is 0. The molecule has 2 aliphatic rings. The fourth-order valence-electron chi connectivity index (χ4n) is 3.93. The van der Waals surface area contributed by atoms with Crippen LogP contribution in [0.3, 0.4) is 0 Å². The van der Waals surface area contributed by atoms with E-state index in [1.165, 1.54) is 16.7 Å². The Balaban J connectivity index is 2.03. The number of carbonyl (C=O) groups excluding carboxylic acids is 1.